The summed E-state index contributed by atoms with van der Waals surface area (Å²) in [5.74, 6) is 0.775. The molecule has 0 saturated heterocycles. The van der Waals surface area contributed by atoms with E-state index in [1.807, 2.05) is 0 Å². The van der Waals surface area contributed by atoms with Gasteiger partial charge >= 0.3 is 0 Å². The van der Waals surface area contributed by atoms with E-state index in [-0.39, 0.29) is 0 Å². The van der Waals surface area contributed by atoms with Crippen molar-refractivity contribution < 1.29 is 0 Å². The van der Waals surface area contributed by atoms with Gasteiger partial charge < -0.3 is 0 Å². The summed E-state index contributed by atoms with van der Waals surface area (Å²) in [5.41, 5.74) is 0. The van der Waals surface area contributed by atoms with Crippen LogP contribution in [0, 0.1) is 12.3 Å². The molecule has 0 spiro atoms. The number of hydrogen-bond donors (Lipinski definition) is 0. The molecule has 0 amide bonds. The van der Waals surface area contributed by atoms with Crippen LogP contribution in [0.15, 0.2) is 0 Å². The van der Waals surface area contributed by atoms with Gasteiger partial charge in [-0.2, -0.15) is 0 Å². The fourth-order valence-electron chi connectivity index (χ4n) is 2.61. The Morgan fingerprint density at radius 1 is 0.579 bits per heavy atom. The van der Waals surface area contributed by atoms with Crippen LogP contribution < -0.4 is 0 Å². The molecule has 0 aliphatic rings. The quantitative estimate of drug-likeness (QED) is 0.272. The minimum absolute atomic E-state index is 0.775. The van der Waals surface area contributed by atoms with Crippen LogP contribution >= 0.6 is 0 Å². The highest BCUT2D eigenvalue weighted by Crippen LogP contribution is 2.14. The van der Waals surface area contributed by atoms with Gasteiger partial charge in [-0.25, -0.2) is 0 Å². The third kappa shape index (κ3) is 18.0. The molecule has 0 aliphatic carbocycles. The predicted octanol–water partition coefficient (Wildman–Crippen LogP) is 7.33. The number of hydrogen-bond acceptors (Lipinski definition) is 0. The molecule has 0 aromatic carbocycles. The van der Waals surface area contributed by atoms with Gasteiger partial charge in [-0.05, 0) is 18.8 Å². The summed E-state index contributed by atoms with van der Waals surface area (Å²) in [5, 5.41) is 0. The van der Waals surface area contributed by atoms with Gasteiger partial charge in [0.2, 0.25) is 0 Å². The largest absolute Gasteiger partial charge is 0.0654 e. The molecule has 19 heavy (non-hydrogen) atoms. The van der Waals surface area contributed by atoms with E-state index >= 15 is 0 Å². The van der Waals surface area contributed by atoms with Crippen LogP contribution in [-0.4, -0.2) is 0 Å². The lowest BCUT2D eigenvalue weighted by Crippen LogP contribution is -1.88. The highest BCUT2D eigenvalue weighted by atomic mass is 14.0. The van der Waals surface area contributed by atoms with Crippen LogP contribution in [0.4, 0.5) is 0 Å². The highest BCUT2D eigenvalue weighted by Gasteiger charge is 1.95. The van der Waals surface area contributed by atoms with Gasteiger partial charge in [-0.3, -0.25) is 0 Å². The van der Waals surface area contributed by atoms with Gasteiger partial charge in [0.25, 0.3) is 0 Å². The van der Waals surface area contributed by atoms with E-state index in [0.717, 1.165) is 5.92 Å². The van der Waals surface area contributed by atoms with Crippen LogP contribution in [0.1, 0.15) is 111 Å². The first-order valence-corrected chi connectivity index (χ1v) is 9.10. The Bertz CT molecular complexity index is 148. The van der Waals surface area contributed by atoms with Crippen molar-refractivity contribution in [3.63, 3.8) is 0 Å². The van der Waals surface area contributed by atoms with Gasteiger partial charge in [0, 0.05) is 0 Å². The van der Waals surface area contributed by atoms with Crippen molar-refractivity contribution in [3.05, 3.63) is 6.42 Å². The van der Waals surface area contributed by atoms with Crippen LogP contribution in [0.2, 0.25) is 0 Å². The fraction of sp³-hybridized carbons (Fsp3) is 0.947. The average molecular weight is 268 g/mol. The smallest absolute Gasteiger partial charge is 0.0360 e. The lowest BCUT2D eigenvalue weighted by Gasteiger charge is -2.04. The molecule has 0 aromatic heterocycles. The Balaban J connectivity index is 2.91. The molecule has 1 radical (unpaired) electrons. The molecular formula is C19H39. The molecular weight excluding hydrogens is 228 g/mol. The first-order chi connectivity index (χ1) is 9.27. The van der Waals surface area contributed by atoms with Crippen molar-refractivity contribution in [1.82, 2.24) is 0 Å². The molecule has 0 saturated carbocycles. The summed E-state index contributed by atoms with van der Waals surface area (Å²) in [4.78, 5) is 0. The van der Waals surface area contributed by atoms with Crippen molar-refractivity contribution in [3.8, 4) is 0 Å². The SMILES string of the molecule is CCCCCCCCCCCCCCC[CH]C(C)C. The molecule has 0 nitrogen and oxygen atoms in total. The Hall–Kier alpha value is 0. The van der Waals surface area contributed by atoms with Gasteiger partial charge in [-0.1, -0.05) is 104 Å². The lowest BCUT2D eigenvalue weighted by atomic mass is 10.0. The minimum Gasteiger partial charge on any atom is -0.0654 e. The summed E-state index contributed by atoms with van der Waals surface area (Å²) in [7, 11) is 0. The summed E-state index contributed by atoms with van der Waals surface area (Å²) in [6.45, 7) is 6.85. The molecule has 0 rings (SSSR count). The normalized spacial score (nSPS) is 11.4. The Kier molecular flexibility index (Phi) is 16.1. The average Bonchev–Trinajstić information content (AvgIpc) is 2.39. The molecule has 0 aromatic rings. The van der Waals surface area contributed by atoms with E-state index in [1.54, 1.807) is 0 Å². The Morgan fingerprint density at radius 2 is 0.947 bits per heavy atom. The zero-order chi connectivity index (χ0) is 14.2. The van der Waals surface area contributed by atoms with Gasteiger partial charge in [0.05, 0.1) is 0 Å². The first-order valence-electron chi connectivity index (χ1n) is 9.10. The van der Waals surface area contributed by atoms with Crippen molar-refractivity contribution >= 4 is 0 Å². The van der Waals surface area contributed by atoms with E-state index in [2.05, 4.69) is 27.2 Å². The summed E-state index contributed by atoms with van der Waals surface area (Å²) < 4.78 is 0. The maximum atomic E-state index is 2.46. The van der Waals surface area contributed by atoms with Crippen molar-refractivity contribution in [2.24, 2.45) is 5.92 Å². The maximum absolute atomic E-state index is 2.46. The molecule has 0 atom stereocenters. The minimum atomic E-state index is 0.775. The summed E-state index contributed by atoms with van der Waals surface area (Å²) in [6.07, 6.45) is 22.7. The third-order valence-corrected chi connectivity index (χ3v) is 3.95. The van der Waals surface area contributed by atoms with Crippen LogP contribution in [0.3, 0.4) is 0 Å². The van der Waals surface area contributed by atoms with Crippen molar-refractivity contribution in [1.29, 1.82) is 0 Å². The van der Waals surface area contributed by atoms with Gasteiger partial charge in [0.15, 0.2) is 0 Å². The molecule has 0 aliphatic heterocycles. The summed E-state index contributed by atoms with van der Waals surface area (Å²) >= 11 is 0. The van der Waals surface area contributed by atoms with Crippen LogP contribution in [0.5, 0.6) is 0 Å². The zero-order valence-electron chi connectivity index (χ0n) is 14.1. The first kappa shape index (κ1) is 19.0. The topological polar surface area (TPSA) is 0 Å². The van der Waals surface area contributed by atoms with E-state index < -0.39 is 0 Å². The number of rotatable bonds is 15. The van der Waals surface area contributed by atoms with E-state index in [9.17, 15) is 0 Å². The van der Waals surface area contributed by atoms with Crippen LogP contribution in [0.25, 0.3) is 0 Å². The van der Waals surface area contributed by atoms with Gasteiger partial charge in [-0.15, -0.1) is 0 Å². The van der Waals surface area contributed by atoms with Crippen molar-refractivity contribution in [2.75, 3.05) is 0 Å². The molecule has 0 heterocycles. The zero-order valence-corrected chi connectivity index (χ0v) is 14.1. The van der Waals surface area contributed by atoms with Crippen LogP contribution in [-0.2, 0) is 0 Å². The maximum Gasteiger partial charge on any atom is -0.0360 e. The molecule has 0 heteroatoms. The lowest BCUT2D eigenvalue weighted by molar-refractivity contribution is 0.536. The predicted molar refractivity (Wildman–Crippen MR) is 89.5 cm³/mol. The van der Waals surface area contributed by atoms with E-state index in [4.69, 9.17) is 0 Å². The molecule has 115 valence electrons. The standard InChI is InChI=1S/C19H39/c1-4-5-6-7-8-9-10-11-12-13-14-15-16-17-18-19(2)3/h18-19H,4-17H2,1-3H3. The Morgan fingerprint density at radius 3 is 1.32 bits per heavy atom. The second-order valence-corrected chi connectivity index (χ2v) is 6.51. The third-order valence-electron chi connectivity index (χ3n) is 3.95. The van der Waals surface area contributed by atoms with E-state index in [1.165, 1.54) is 89.9 Å². The second-order valence-electron chi connectivity index (χ2n) is 6.51. The van der Waals surface area contributed by atoms with E-state index in [0.29, 0.717) is 0 Å². The second kappa shape index (κ2) is 16.1. The molecule has 0 fully saturated rings. The van der Waals surface area contributed by atoms with Crippen molar-refractivity contribution in [2.45, 2.75) is 111 Å². The molecule has 0 unspecified atom stereocenters. The fourth-order valence-corrected chi connectivity index (χ4v) is 2.61. The summed E-state index contributed by atoms with van der Waals surface area (Å²) in [6, 6.07) is 0. The molecule has 0 N–H and O–H groups in total. The monoisotopic (exact) mass is 267 g/mol. The highest BCUT2D eigenvalue weighted by molar-refractivity contribution is 4.68. The van der Waals surface area contributed by atoms with Gasteiger partial charge in [0.1, 0.15) is 0 Å². The number of unbranched alkanes of at least 4 members (excludes halogenated alkanes) is 13. The molecule has 0 bridgehead atoms. The Labute approximate surface area is 123 Å².